The Morgan fingerprint density at radius 1 is 1.36 bits per heavy atom. The molecule has 116 valence electrons. The van der Waals surface area contributed by atoms with Crippen molar-refractivity contribution in [1.29, 1.82) is 0 Å². The standard InChI is InChI=1S/C18H20O4/c1-8-5-10-12(11(19)6-8)18-7-9(18)3-4-17(2)15(18)14(13(10)20)22-16(17)21/h5-6,9,13-15,19-20H,3-4,7H2,1-2H3/t9-,13+,14-,15-,17-,18+/m1/s1. The molecule has 2 N–H and O–H groups in total. The molecule has 4 aliphatic rings. The predicted octanol–water partition coefficient (Wildman–Crippen LogP) is 2.35. The molecular weight excluding hydrogens is 280 g/mol. The third kappa shape index (κ3) is 1.16. The quantitative estimate of drug-likeness (QED) is 0.722. The summed E-state index contributed by atoms with van der Waals surface area (Å²) >= 11 is 0. The second kappa shape index (κ2) is 3.51. The molecule has 0 unspecified atom stereocenters. The van der Waals surface area contributed by atoms with Gasteiger partial charge < -0.3 is 14.9 Å². The van der Waals surface area contributed by atoms with Crippen LogP contribution in [-0.2, 0) is 14.9 Å². The number of phenols is 1. The second-order valence-electron chi connectivity index (χ2n) is 7.94. The van der Waals surface area contributed by atoms with Crippen molar-refractivity contribution >= 4 is 5.97 Å². The molecule has 1 heterocycles. The van der Waals surface area contributed by atoms with Gasteiger partial charge in [0.05, 0.1) is 5.41 Å². The maximum atomic E-state index is 12.5. The van der Waals surface area contributed by atoms with Gasteiger partial charge in [0.15, 0.2) is 0 Å². The number of benzene rings is 1. The molecule has 6 atom stereocenters. The smallest absolute Gasteiger partial charge is 0.312 e. The van der Waals surface area contributed by atoms with Crippen LogP contribution in [0.3, 0.4) is 0 Å². The molecule has 2 saturated carbocycles. The van der Waals surface area contributed by atoms with Crippen LogP contribution < -0.4 is 0 Å². The molecule has 4 nitrogen and oxygen atoms in total. The van der Waals surface area contributed by atoms with Crippen LogP contribution in [0.15, 0.2) is 12.1 Å². The minimum absolute atomic E-state index is 0.0117. The van der Waals surface area contributed by atoms with Gasteiger partial charge in [-0.2, -0.15) is 0 Å². The summed E-state index contributed by atoms with van der Waals surface area (Å²) in [6.45, 7) is 3.89. The lowest BCUT2D eigenvalue weighted by molar-refractivity contribution is -0.151. The normalized spacial score (nSPS) is 47.3. The molecule has 4 heteroatoms. The third-order valence-corrected chi connectivity index (χ3v) is 6.83. The van der Waals surface area contributed by atoms with Crippen LogP contribution >= 0.6 is 0 Å². The van der Waals surface area contributed by atoms with Crippen LogP contribution in [0.25, 0.3) is 0 Å². The molecular formula is C18H20O4. The van der Waals surface area contributed by atoms with E-state index in [2.05, 4.69) is 0 Å². The first-order chi connectivity index (χ1) is 10.4. The van der Waals surface area contributed by atoms with Crippen LogP contribution in [0.4, 0.5) is 0 Å². The largest absolute Gasteiger partial charge is 0.508 e. The van der Waals surface area contributed by atoms with E-state index in [1.165, 1.54) is 0 Å². The Labute approximate surface area is 129 Å². The minimum atomic E-state index is -0.832. The fraction of sp³-hybridized carbons (Fsp3) is 0.611. The molecule has 22 heavy (non-hydrogen) atoms. The predicted molar refractivity (Wildman–Crippen MR) is 78.3 cm³/mol. The van der Waals surface area contributed by atoms with Crippen molar-refractivity contribution in [3.8, 4) is 5.75 Å². The number of aliphatic hydroxyl groups excluding tert-OH is 1. The number of carbonyl (C=O) groups excluding carboxylic acids is 1. The molecule has 1 aromatic carbocycles. The Morgan fingerprint density at radius 3 is 2.91 bits per heavy atom. The fourth-order valence-corrected chi connectivity index (χ4v) is 5.92. The average Bonchev–Trinajstić information content (AvgIpc) is 3.10. The van der Waals surface area contributed by atoms with Gasteiger partial charge in [-0.1, -0.05) is 6.07 Å². The molecule has 1 aromatic rings. The van der Waals surface area contributed by atoms with Crippen LogP contribution in [0.1, 0.15) is 49.0 Å². The molecule has 1 saturated heterocycles. The van der Waals surface area contributed by atoms with Gasteiger partial charge in [0.2, 0.25) is 0 Å². The molecule has 0 aromatic heterocycles. The fourth-order valence-electron chi connectivity index (χ4n) is 5.92. The summed E-state index contributed by atoms with van der Waals surface area (Å²) in [5.41, 5.74) is 1.88. The summed E-state index contributed by atoms with van der Waals surface area (Å²) in [7, 11) is 0. The van der Waals surface area contributed by atoms with E-state index in [1.54, 1.807) is 6.07 Å². The van der Waals surface area contributed by atoms with Crippen molar-refractivity contribution < 1.29 is 19.7 Å². The van der Waals surface area contributed by atoms with E-state index in [4.69, 9.17) is 4.74 Å². The number of hydrogen-bond donors (Lipinski definition) is 2. The molecule has 0 amide bonds. The number of rotatable bonds is 0. The van der Waals surface area contributed by atoms with Gasteiger partial charge in [0.25, 0.3) is 0 Å². The van der Waals surface area contributed by atoms with E-state index in [1.807, 2.05) is 19.9 Å². The topological polar surface area (TPSA) is 66.8 Å². The number of esters is 1. The Kier molecular flexibility index (Phi) is 2.06. The molecule has 0 radical (unpaired) electrons. The van der Waals surface area contributed by atoms with Crippen molar-refractivity contribution in [2.45, 2.75) is 50.7 Å². The van der Waals surface area contributed by atoms with E-state index in [-0.39, 0.29) is 23.1 Å². The summed E-state index contributed by atoms with van der Waals surface area (Å²) in [4.78, 5) is 12.5. The number of fused-ring (bicyclic) bond motifs is 1. The zero-order valence-corrected chi connectivity index (χ0v) is 12.8. The highest BCUT2D eigenvalue weighted by Gasteiger charge is 2.77. The highest BCUT2D eigenvalue weighted by atomic mass is 16.6. The van der Waals surface area contributed by atoms with E-state index < -0.39 is 17.6 Å². The number of aryl methyl sites for hydroxylation is 1. The lowest BCUT2D eigenvalue weighted by Crippen LogP contribution is -2.49. The summed E-state index contributed by atoms with van der Waals surface area (Å²) in [5.74, 6) is 0.596. The van der Waals surface area contributed by atoms with Gasteiger partial charge in [0, 0.05) is 16.9 Å². The van der Waals surface area contributed by atoms with Gasteiger partial charge >= 0.3 is 5.97 Å². The van der Waals surface area contributed by atoms with Crippen molar-refractivity contribution in [1.82, 2.24) is 0 Å². The molecule has 3 aliphatic carbocycles. The van der Waals surface area contributed by atoms with Gasteiger partial charge in [-0.15, -0.1) is 0 Å². The Balaban J connectivity index is 1.82. The number of aliphatic hydroxyl groups is 1. The molecule has 0 bridgehead atoms. The van der Waals surface area contributed by atoms with Crippen molar-refractivity contribution in [3.05, 3.63) is 28.8 Å². The van der Waals surface area contributed by atoms with E-state index in [0.717, 1.165) is 36.0 Å². The zero-order valence-electron chi connectivity index (χ0n) is 12.8. The van der Waals surface area contributed by atoms with Crippen LogP contribution in [0.2, 0.25) is 0 Å². The van der Waals surface area contributed by atoms with Gasteiger partial charge in [-0.25, -0.2) is 0 Å². The van der Waals surface area contributed by atoms with Gasteiger partial charge in [-0.05, 0) is 56.2 Å². The van der Waals surface area contributed by atoms with Crippen LogP contribution in [-0.4, -0.2) is 22.3 Å². The number of carbonyl (C=O) groups is 1. The summed E-state index contributed by atoms with van der Waals surface area (Å²) in [6, 6.07) is 3.72. The monoisotopic (exact) mass is 300 g/mol. The van der Waals surface area contributed by atoms with Crippen molar-refractivity contribution in [3.63, 3.8) is 0 Å². The highest BCUT2D eigenvalue weighted by molar-refractivity contribution is 5.81. The third-order valence-electron chi connectivity index (χ3n) is 6.83. The SMILES string of the molecule is Cc1cc(O)c2c(c1)[C@H](O)[C@H]1OC(=O)[C@]3(C)CC[C@@H]4C[C@@]24[C@H]13. The van der Waals surface area contributed by atoms with Gasteiger partial charge in [0.1, 0.15) is 18.0 Å². The Bertz CT molecular complexity index is 726. The number of ether oxygens (including phenoxy) is 1. The first kappa shape index (κ1) is 12.9. The van der Waals surface area contributed by atoms with Gasteiger partial charge in [-0.3, -0.25) is 4.79 Å². The number of hydrogen-bond acceptors (Lipinski definition) is 4. The maximum Gasteiger partial charge on any atom is 0.312 e. The number of aromatic hydroxyl groups is 1. The van der Waals surface area contributed by atoms with Crippen LogP contribution in [0, 0.1) is 24.2 Å². The second-order valence-corrected chi connectivity index (χ2v) is 7.94. The summed E-state index contributed by atoms with van der Waals surface area (Å²) in [6.07, 6.45) is 1.53. The zero-order chi connectivity index (χ0) is 15.4. The highest BCUT2D eigenvalue weighted by Crippen LogP contribution is 2.76. The first-order valence-electron chi connectivity index (χ1n) is 8.13. The molecule has 1 aliphatic heterocycles. The number of phenolic OH excluding ortho intramolecular Hbond substituents is 1. The van der Waals surface area contributed by atoms with E-state index >= 15 is 0 Å². The Morgan fingerprint density at radius 2 is 2.14 bits per heavy atom. The average molecular weight is 300 g/mol. The summed E-state index contributed by atoms with van der Waals surface area (Å²) < 4.78 is 5.65. The van der Waals surface area contributed by atoms with E-state index in [0.29, 0.717) is 5.92 Å². The molecule has 3 fully saturated rings. The molecule has 5 rings (SSSR count). The summed E-state index contributed by atoms with van der Waals surface area (Å²) in [5, 5.41) is 21.4. The van der Waals surface area contributed by atoms with Crippen molar-refractivity contribution in [2.75, 3.05) is 0 Å². The van der Waals surface area contributed by atoms with E-state index in [9.17, 15) is 15.0 Å². The van der Waals surface area contributed by atoms with Crippen molar-refractivity contribution in [2.24, 2.45) is 17.3 Å². The Hall–Kier alpha value is -1.55. The van der Waals surface area contributed by atoms with Crippen LogP contribution in [0.5, 0.6) is 5.75 Å². The minimum Gasteiger partial charge on any atom is -0.508 e. The lowest BCUT2D eigenvalue weighted by atomic mass is 9.55. The maximum absolute atomic E-state index is 12.5. The lowest BCUT2D eigenvalue weighted by Gasteiger charge is -2.46. The first-order valence-corrected chi connectivity index (χ1v) is 8.13. The molecule has 1 spiro atoms.